The van der Waals surface area contributed by atoms with E-state index >= 15 is 0 Å². The monoisotopic (exact) mass is 154 g/mol. The van der Waals surface area contributed by atoms with Gasteiger partial charge >= 0.3 is 0 Å². The maximum absolute atomic E-state index is 5.42. The summed E-state index contributed by atoms with van der Waals surface area (Å²) < 4.78 is 5.42. The minimum atomic E-state index is 0.413. The number of hydrogen-bond acceptors (Lipinski definition) is 3. The topological polar surface area (TPSA) is 29.3 Å². The SMILES string of the molecule is CC(C)c1cnc(N(C)C)o1. The summed E-state index contributed by atoms with van der Waals surface area (Å²) in [4.78, 5) is 5.95. The fourth-order valence-electron chi connectivity index (χ4n) is 0.751. The Morgan fingerprint density at radius 2 is 2.09 bits per heavy atom. The van der Waals surface area contributed by atoms with Crippen molar-refractivity contribution in [1.29, 1.82) is 0 Å². The molecule has 0 atom stereocenters. The molecule has 1 aromatic rings. The van der Waals surface area contributed by atoms with E-state index in [0.717, 1.165) is 5.76 Å². The quantitative estimate of drug-likeness (QED) is 0.651. The van der Waals surface area contributed by atoms with Crippen LogP contribution in [0.1, 0.15) is 25.5 Å². The Kier molecular flexibility index (Phi) is 2.17. The summed E-state index contributed by atoms with van der Waals surface area (Å²) in [5, 5.41) is 0. The molecule has 0 spiro atoms. The highest BCUT2D eigenvalue weighted by Crippen LogP contribution is 2.18. The van der Waals surface area contributed by atoms with E-state index in [0.29, 0.717) is 11.9 Å². The normalized spacial score (nSPS) is 10.6. The number of nitrogens with zero attached hydrogens (tertiary/aromatic N) is 2. The van der Waals surface area contributed by atoms with Gasteiger partial charge in [-0.05, 0) is 0 Å². The van der Waals surface area contributed by atoms with Gasteiger partial charge in [-0.2, -0.15) is 0 Å². The molecule has 0 radical (unpaired) electrons. The number of oxazole rings is 1. The fourth-order valence-corrected chi connectivity index (χ4v) is 0.751. The molecule has 0 aliphatic heterocycles. The molecule has 0 N–H and O–H groups in total. The van der Waals surface area contributed by atoms with Crippen LogP contribution in [0.2, 0.25) is 0 Å². The van der Waals surface area contributed by atoms with Crippen LogP contribution in [0.25, 0.3) is 0 Å². The summed E-state index contributed by atoms with van der Waals surface area (Å²) in [6.45, 7) is 4.17. The molecule has 0 aliphatic carbocycles. The molecule has 0 aromatic carbocycles. The van der Waals surface area contributed by atoms with Crippen LogP contribution in [0, 0.1) is 0 Å². The first-order valence-corrected chi connectivity index (χ1v) is 3.74. The molecule has 0 saturated heterocycles. The molecule has 3 nitrogen and oxygen atoms in total. The predicted octanol–water partition coefficient (Wildman–Crippen LogP) is 1.86. The van der Waals surface area contributed by atoms with E-state index in [2.05, 4.69) is 18.8 Å². The van der Waals surface area contributed by atoms with Crippen molar-refractivity contribution < 1.29 is 4.42 Å². The molecule has 0 fully saturated rings. The molecule has 1 heterocycles. The van der Waals surface area contributed by atoms with E-state index in [9.17, 15) is 0 Å². The van der Waals surface area contributed by atoms with E-state index in [1.807, 2.05) is 19.0 Å². The molecule has 62 valence electrons. The first-order chi connectivity index (χ1) is 5.11. The van der Waals surface area contributed by atoms with Crippen molar-refractivity contribution in [1.82, 2.24) is 4.98 Å². The van der Waals surface area contributed by atoms with Crippen LogP contribution in [0.4, 0.5) is 6.01 Å². The molecule has 0 saturated carbocycles. The summed E-state index contributed by atoms with van der Waals surface area (Å²) in [5.74, 6) is 1.35. The van der Waals surface area contributed by atoms with Gasteiger partial charge in [-0.3, -0.25) is 0 Å². The summed E-state index contributed by atoms with van der Waals surface area (Å²) in [5.41, 5.74) is 0. The summed E-state index contributed by atoms with van der Waals surface area (Å²) in [6.07, 6.45) is 1.78. The third kappa shape index (κ3) is 1.73. The van der Waals surface area contributed by atoms with Crippen molar-refractivity contribution >= 4 is 6.01 Å². The summed E-state index contributed by atoms with van der Waals surface area (Å²) in [7, 11) is 3.83. The maximum Gasteiger partial charge on any atom is 0.296 e. The molecule has 0 unspecified atom stereocenters. The Balaban J connectivity index is 2.82. The highest BCUT2D eigenvalue weighted by atomic mass is 16.4. The number of anilines is 1. The van der Waals surface area contributed by atoms with Crippen molar-refractivity contribution in [2.75, 3.05) is 19.0 Å². The zero-order valence-electron chi connectivity index (χ0n) is 7.46. The third-order valence-electron chi connectivity index (χ3n) is 1.46. The van der Waals surface area contributed by atoms with Crippen molar-refractivity contribution in [3.8, 4) is 0 Å². The first-order valence-electron chi connectivity index (χ1n) is 3.74. The highest BCUT2D eigenvalue weighted by Gasteiger charge is 2.07. The first kappa shape index (κ1) is 8.11. The third-order valence-corrected chi connectivity index (χ3v) is 1.46. The predicted molar refractivity (Wildman–Crippen MR) is 44.9 cm³/mol. The van der Waals surface area contributed by atoms with Gasteiger partial charge in [0.25, 0.3) is 6.01 Å². The second-order valence-corrected chi connectivity index (χ2v) is 3.09. The standard InChI is InChI=1S/C8H14N2O/c1-6(2)7-5-9-8(11-7)10(3)4/h5-6H,1-4H3. The second kappa shape index (κ2) is 2.95. The molecular formula is C8H14N2O. The van der Waals surface area contributed by atoms with Crippen molar-refractivity contribution in [3.05, 3.63) is 12.0 Å². The average molecular weight is 154 g/mol. The van der Waals surface area contributed by atoms with Crippen LogP contribution in [0.15, 0.2) is 10.6 Å². The lowest BCUT2D eigenvalue weighted by Gasteiger charge is -2.04. The van der Waals surface area contributed by atoms with Gasteiger partial charge in [-0.1, -0.05) is 13.8 Å². The van der Waals surface area contributed by atoms with Gasteiger partial charge in [-0.15, -0.1) is 0 Å². The second-order valence-electron chi connectivity index (χ2n) is 3.09. The Hall–Kier alpha value is -0.990. The minimum absolute atomic E-state index is 0.413. The van der Waals surface area contributed by atoms with Crippen LogP contribution < -0.4 is 4.90 Å². The zero-order chi connectivity index (χ0) is 8.43. The molecule has 0 amide bonds. The summed E-state index contributed by atoms with van der Waals surface area (Å²) >= 11 is 0. The van der Waals surface area contributed by atoms with Gasteiger partial charge in [0.2, 0.25) is 0 Å². The fraction of sp³-hybridized carbons (Fsp3) is 0.625. The van der Waals surface area contributed by atoms with Gasteiger partial charge in [-0.25, -0.2) is 4.98 Å². The van der Waals surface area contributed by atoms with Crippen LogP contribution in [-0.2, 0) is 0 Å². The Bertz CT molecular complexity index is 205. The maximum atomic E-state index is 5.42. The smallest absolute Gasteiger partial charge is 0.296 e. The van der Waals surface area contributed by atoms with Crippen LogP contribution in [0.5, 0.6) is 0 Å². The van der Waals surface area contributed by atoms with E-state index in [1.165, 1.54) is 0 Å². The molecule has 0 aliphatic rings. The van der Waals surface area contributed by atoms with Crippen molar-refractivity contribution in [2.24, 2.45) is 0 Å². The van der Waals surface area contributed by atoms with Crippen LogP contribution >= 0.6 is 0 Å². The Labute approximate surface area is 67.0 Å². The lowest BCUT2D eigenvalue weighted by molar-refractivity contribution is 0.484. The average Bonchev–Trinajstić information content (AvgIpc) is 2.33. The van der Waals surface area contributed by atoms with E-state index in [4.69, 9.17) is 4.42 Å². The molecular weight excluding hydrogens is 140 g/mol. The molecule has 11 heavy (non-hydrogen) atoms. The van der Waals surface area contributed by atoms with Gasteiger partial charge in [0, 0.05) is 20.0 Å². The highest BCUT2D eigenvalue weighted by molar-refractivity contribution is 5.23. The van der Waals surface area contributed by atoms with Gasteiger partial charge in [0.1, 0.15) is 5.76 Å². The molecule has 1 rings (SSSR count). The zero-order valence-corrected chi connectivity index (χ0v) is 7.46. The van der Waals surface area contributed by atoms with E-state index in [-0.39, 0.29) is 0 Å². The van der Waals surface area contributed by atoms with Gasteiger partial charge in [0.15, 0.2) is 0 Å². The Morgan fingerprint density at radius 1 is 1.45 bits per heavy atom. The molecule has 1 aromatic heterocycles. The van der Waals surface area contributed by atoms with Crippen LogP contribution in [0.3, 0.4) is 0 Å². The minimum Gasteiger partial charge on any atom is -0.428 e. The van der Waals surface area contributed by atoms with Crippen molar-refractivity contribution in [2.45, 2.75) is 19.8 Å². The molecule has 0 bridgehead atoms. The summed E-state index contributed by atoms with van der Waals surface area (Å²) in [6, 6.07) is 0.675. The van der Waals surface area contributed by atoms with Gasteiger partial charge < -0.3 is 9.32 Å². The largest absolute Gasteiger partial charge is 0.428 e. The van der Waals surface area contributed by atoms with Crippen LogP contribution in [-0.4, -0.2) is 19.1 Å². The number of rotatable bonds is 2. The van der Waals surface area contributed by atoms with Crippen molar-refractivity contribution in [3.63, 3.8) is 0 Å². The lowest BCUT2D eigenvalue weighted by atomic mass is 10.2. The van der Waals surface area contributed by atoms with Gasteiger partial charge in [0.05, 0.1) is 6.20 Å². The number of aromatic nitrogens is 1. The Morgan fingerprint density at radius 3 is 2.36 bits per heavy atom. The number of hydrogen-bond donors (Lipinski definition) is 0. The molecule has 3 heteroatoms. The van der Waals surface area contributed by atoms with E-state index < -0.39 is 0 Å². The van der Waals surface area contributed by atoms with E-state index in [1.54, 1.807) is 6.20 Å². The lowest BCUT2D eigenvalue weighted by Crippen LogP contribution is -2.08.